The van der Waals surface area contributed by atoms with Gasteiger partial charge in [-0.2, -0.15) is 0 Å². The lowest BCUT2D eigenvalue weighted by molar-refractivity contribution is -0.142. The van der Waals surface area contributed by atoms with Crippen LogP contribution in [-0.4, -0.2) is 29.2 Å². The normalized spacial score (nSPS) is 24.3. The minimum Gasteiger partial charge on any atom is -0.325 e. The number of anilines is 1. The lowest BCUT2D eigenvalue weighted by atomic mass is 9.81. The van der Waals surface area contributed by atoms with E-state index in [0.717, 1.165) is 36.1 Å². The molecule has 1 saturated heterocycles. The number of amides is 3. The van der Waals surface area contributed by atoms with Crippen molar-refractivity contribution in [2.45, 2.75) is 32.6 Å². The van der Waals surface area contributed by atoms with E-state index in [1.165, 1.54) is 0 Å². The molecule has 1 N–H and O–H groups in total. The van der Waals surface area contributed by atoms with E-state index in [1.54, 1.807) is 12.1 Å². The van der Waals surface area contributed by atoms with Crippen LogP contribution in [0.1, 0.15) is 31.2 Å². The number of hydrogen-bond acceptors (Lipinski definition) is 3. The molecular weight excluding hydrogens is 280 g/mol. The number of hydrogen-bond donors (Lipinski definition) is 1. The maximum Gasteiger partial charge on any atom is 0.244 e. The molecule has 5 heteroatoms. The molecule has 5 nitrogen and oxygen atoms in total. The fourth-order valence-corrected chi connectivity index (χ4v) is 3.37. The van der Waals surface area contributed by atoms with Gasteiger partial charge in [-0.15, -0.1) is 0 Å². The Labute approximate surface area is 129 Å². The molecular formula is C17H20N2O3. The zero-order valence-corrected chi connectivity index (χ0v) is 12.7. The van der Waals surface area contributed by atoms with E-state index in [9.17, 15) is 14.4 Å². The first-order valence-corrected chi connectivity index (χ1v) is 7.78. The summed E-state index contributed by atoms with van der Waals surface area (Å²) >= 11 is 0. The third-order valence-electron chi connectivity index (χ3n) is 4.57. The number of carbonyl (C=O) groups is 3. The molecule has 0 radical (unpaired) electrons. The lowest BCUT2D eigenvalue weighted by Crippen LogP contribution is -2.38. The van der Waals surface area contributed by atoms with Crippen molar-refractivity contribution in [3.05, 3.63) is 29.8 Å². The lowest BCUT2D eigenvalue weighted by Gasteiger charge is -2.19. The predicted octanol–water partition coefficient (Wildman–Crippen LogP) is 2.11. The monoisotopic (exact) mass is 300 g/mol. The highest BCUT2D eigenvalue weighted by molar-refractivity contribution is 6.08. The summed E-state index contributed by atoms with van der Waals surface area (Å²) in [5.41, 5.74) is 1.78. The van der Waals surface area contributed by atoms with Gasteiger partial charge in [0.05, 0.1) is 11.8 Å². The summed E-state index contributed by atoms with van der Waals surface area (Å²) in [6.45, 7) is 1.79. The number of nitrogens with zero attached hydrogens (tertiary/aromatic N) is 1. The second-order valence-electron chi connectivity index (χ2n) is 6.17. The van der Waals surface area contributed by atoms with E-state index in [0.29, 0.717) is 5.69 Å². The second-order valence-corrected chi connectivity index (χ2v) is 6.17. The van der Waals surface area contributed by atoms with E-state index in [2.05, 4.69) is 5.32 Å². The van der Waals surface area contributed by atoms with Crippen molar-refractivity contribution >= 4 is 23.4 Å². The second kappa shape index (κ2) is 5.91. The van der Waals surface area contributed by atoms with Crippen LogP contribution < -0.4 is 5.32 Å². The van der Waals surface area contributed by atoms with Crippen molar-refractivity contribution in [2.24, 2.45) is 11.8 Å². The van der Waals surface area contributed by atoms with Crippen molar-refractivity contribution in [2.75, 3.05) is 11.9 Å². The minimum atomic E-state index is -0.329. The molecule has 1 saturated carbocycles. The van der Waals surface area contributed by atoms with Crippen LogP contribution in [-0.2, 0) is 14.4 Å². The molecule has 1 aromatic carbocycles. The first-order valence-electron chi connectivity index (χ1n) is 7.78. The van der Waals surface area contributed by atoms with Gasteiger partial charge in [-0.25, -0.2) is 0 Å². The van der Waals surface area contributed by atoms with Crippen molar-refractivity contribution in [1.29, 1.82) is 0 Å². The average molecular weight is 300 g/mol. The molecule has 2 fully saturated rings. The first-order chi connectivity index (χ1) is 10.6. The van der Waals surface area contributed by atoms with Gasteiger partial charge in [-0.1, -0.05) is 30.5 Å². The largest absolute Gasteiger partial charge is 0.325 e. The van der Waals surface area contributed by atoms with Crippen LogP contribution in [0.25, 0.3) is 0 Å². The van der Waals surface area contributed by atoms with Gasteiger partial charge in [-0.3, -0.25) is 19.3 Å². The maximum atomic E-state index is 12.3. The van der Waals surface area contributed by atoms with E-state index in [1.807, 2.05) is 19.1 Å². The smallest absolute Gasteiger partial charge is 0.244 e. The van der Waals surface area contributed by atoms with Crippen molar-refractivity contribution in [3.63, 3.8) is 0 Å². The summed E-state index contributed by atoms with van der Waals surface area (Å²) in [6.07, 6.45) is 3.52. The van der Waals surface area contributed by atoms with Crippen LogP contribution in [0.4, 0.5) is 5.69 Å². The fourth-order valence-electron chi connectivity index (χ4n) is 3.37. The topological polar surface area (TPSA) is 66.5 Å². The molecule has 0 aromatic heterocycles. The zero-order chi connectivity index (χ0) is 15.7. The van der Waals surface area contributed by atoms with Gasteiger partial charge < -0.3 is 5.32 Å². The summed E-state index contributed by atoms with van der Waals surface area (Å²) in [6, 6.07) is 7.41. The van der Waals surface area contributed by atoms with Gasteiger partial charge in [0.1, 0.15) is 6.54 Å². The Morgan fingerprint density at radius 2 is 1.64 bits per heavy atom. The Hall–Kier alpha value is -2.17. The molecule has 1 aliphatic carbocycles. The number of imide groups is 1. The third-order valence-corrected chi connectivity index (χ3v) is 4.57. The number of aryl methyl sites for hydroxylation is 1. The Kier molecular flexibility index (Phi) is 3.96. The third kappa shape index (κ3) is 2.75. The minimum absolute atomic E-state index is 0.172. The fraction of sp³-hybridized carbons (Fsp3) is 0.471. The van der Waals surface area contributed by atoms with E-state index in [4.69, 9.17) is 0 Å². The quantitative estimate of drug-likeness (QED) is 0.869. The number of likely N-dealkylation sites (tertiary alicyclic amines) is 1. The maximum absolute atomic E-state index is 12.3. The van der Waals surface area contributed by atoms with Gasteiger partial charge in [0.15, 0.2) is 0 Å². The van der Waals surface area contributed by atoms with Gasteiger partial charge in [0.25, 0.3) is 0 Å². The van der Waals surface area contributed by atoms with E-state index < -0.39 is 0 Å². The van der Waals surface area contributed by atoms with Gasteiger partial charge in [-0.05, 0) is 31.9 Å². The molecule has 0 bridgehead atoms. The Morgan fingerprint density at radius 3 is 2.18 bits per heavy atom. The van der Waals surface area contributed by atoms with Crippen molar-refractivity contribution in [1.82, 2.24) is 4.90 Å². The molecule has 22 heavy (non-hydrogen) atoms. The van der Waals surface area contributed by atoms with Gasteiger partial charge >= 0.3 is 0 Å². The summed E-state index contributed by atoms with van der Waals surface area (Å²) < 4.78 is 0. The van der Waals surface area contributed by atoms with Gasteiger partial charge in [0.2, 0.25) is 17.7 Å². The molecule has 3 rings (SSSR count). The Bertz CT molecular complexity index is 585. The highest BCUT2D eigenvalue weighted by Gasteiger charge is 2.48. The SMILES string of the molecule is Cc1ccc(NC(=O)CN2C(=O)C3CCCCC3C2=O)cc1. The van der Waals surface area contributed by atoms with Crippen LogP contribution in [0.3, 0.4) is 0 Å². The average Bonchev–Trinajstić information content (AvgIpc) is 2.75. The number of fused-ring (bicyclic) bond motifs is 1. The molecule has 1 heterocycles. The summed E-state index contributed by atoms with van der Waals surface area (Å²) in [4.78, 5) is 37.9. The number of benzene rings is 1. The molecule has 3 amide bonds. The van der Waals surface area contributed by atoms with Crippen LogP contribution in [0.2, 0.25) is 0 Å². The van der Waals surface area contributed by atoms with Crippen LogP contribution in [0, 0.1) is 18.8 Å². The molecule has 0 spiro atoms. The van der Waals surface area contributed by atoms with E-state index in [-0.39, 0.29) is 36.1 Å². The standard InChI is InChI=1S/C17H20N2O3/c1-11-6-8-12(9-7-11)18-15(20)10-19-16(21)13-4-2-3-5-14(13)17(19)22/h6-9,13-14H,2-5,10H2,1H3,(H,18,20). The molecule has 2 aliphatic rings. The van der Waals surface area contributed by atoms with Crippen LogP contribution in [0.15, 0.2) is 24.3 Å². The zero-order valence-electron chi connectivity index (χ0n) is 12.7. The highest BCUT2D eigenvalue weighted by Crippen LogP contribution is 2.37. The van der Waals surface area contributed by atoms with Crippen LogP contribution >= 0.6 is 0 Å². The van der Waals surface area contributed by atoms with Gasteiger partial charge in [0, 0.05) is 5.69 Å². The summed E-state index contributed by atoms with van der Waals surface area (Å²) in [5.74, 6) is -1.08. The Balaban J connectivity index is 1.64. The molecule has 1 aliphatic heterocycles. The Morgan fingerprint density at radius 1 is 1.09 bits per heavy atom. The van der Waals surface area contributed by atoms with E-state index >= 15 is 0 Å². The molecule has 2 atom stereocenters. The van der Waals surface area contributed by atoms with Crippen LogP contribution in [0.5, 0.6) is 0 Å². The molecule has 116 valence electrons. The number of rotatable bonds is 3. The molecule has 1 aromatic rings. The van der Waals surface area contributed by atoms with Crippen molar-refractivity contribution < 1.29 is 14.4 Å². The van der Waals surface area contributed by atoms with Crippen molar-refractivity contribution in [3.8, 4) is 0 Å². The first kappa shape index (κ1) is 14.8. The highest BCUT2D eigenvalue weighted by atomic mass is 16.2. The predicted molar refractivity (Wildman–Crippen MR) is 82.0 cm³/mol. The summed E-state index contributed by atoms with van der Waals surface area (Å²) in [5, 5.41) is 2.73. The number of nitrogens with one attached hydrogen (secondary N) is 1. The number of carbonyl (C=O) groups excluding carboxylic acids is 3. The summed E-state index contributed by atoms with van der Waals surface area (Å²) in [7, 11) is 0. The molecule has 2 unspecified atom stereocenters.